The molecule has 5 fully saturated rings. The van der Waals surface area contributed by atoms with Crippen molar-refractivity contribution in [3.63, 3.8) is 0 Å². The first-order valence-corrected chi connectivity index (χ1v) is 14.8. The minimum Gasteiger partial charge on any atom is -0.320 e. The number of hydrogen-bond donors (Lipinski definition) is 2. The highest BCUT2D eigenvalue weighted by Crippen LogP contribution is 2.41. The number of imide groups is 1. The molecule has 9 nitrogen and oxygen atoms in total. The van der Waals surface area contributed by atoms with Gasteiger partial charge in [0.05, 0.1) is 11.2 Å². The van der Waals surface area contributed by atoms with Crippen molar-refractivity contribution < 1.29 is 22.4 Å². The molecule has 3 saturated carbocycles. The van der Waals surface area contributed by atoms with Crippen molar-refractivity contribution in [1.82, 2.24) is 25.0 Å². The molecule has 0 aromatic carbocycles. The van der Waals surface area contributed by atoms with Gasteiger partial charge in [-0.25, -0.2) is 27.3 Å². The van der Waals surface area contributed by atoms with E-state index in [0.717, 1.165) is 32.2 Å². The van der Waals surface area contributed by atoms with Gasteiger partial charge in [-0.1, -0.05) is 0 Å². The molecule has 0 aromatic rings. The normalized spacial score (nSPS) is 38.0. The standard InChI is InChI=1S/C24H40FN5O4S/c1-24(9-10-24)27-35(33,34)19-7-8-21-20(11-19)22(31)30(15-17-12-26-28(2)13-17)23(32)29(21)14-16-3-5-18(25)6-4-16/h16-21,26-27H,3-15H2,1-2H3. The van der Waals surface area contributed by atoms with Crippen molar-refractivity contribution >= 4 is 22.0 Å². The number of nitrogens with one attached hydrogen (secondary N) is 2. The summed E-state index contributed by atoms with van der Waals surface area (Å²) in [6.45, 7) is 4.21. The van der Waals surface area contributed by atoms with Crippen LogP contribution < -0.4 is 10.1 Å². The number of nitrogens with zero attached hydrogens (tertiary/aromatic N) is 3. The van der Waals surface area contributed by atoms with E-state index in [4.69, 9.17) is 0 Å². The van der Waals surface area contributed by atoms with E-state index in [1.54, 1.807) is 0 Å². The maximum Gasteiger partial charge on any atom is 0.326 e. The molecule has 3 aliphatic carbocycles. The quantitative estimate of drug-likeness (QED) is 0.539. The van der Waals surface area contributed by atoms with Crippen molar-refractivity contribution in [1.29, 1.82) is 0 Å². The first-order chi connectivity index (χ1) is 16.5. The van der Waals surface area contributed by atoms with Crippen molar-refractivity contribution in [2.45, 2.75) is 87.7 Å². The van der Waals surface area contributed by atoms with Crippen LogP contribution in [-0.4, -0.2) is 91.4 Å². The molecule has 2 N–H and O–H groups in total. The number of rotatable bonds is 7. The number of carbonyl (C=O) groups excluding carboxylic acids is 2. The number of alkyl halides is 1. The van der Waals surface area contributed by atoms with Crippen LogP contribution in [0.25, 0.3) is 0 Å². The molecule has 35 heavy (non-hydrogen) atoms. The molecule has 4 atom stereocenters. The maximum absolute atomic E-state index is 13.7. The lowest BCUT2D eigenvalue weighted by Crippen LogP contribution is -2.65. The van der Waals surface area contributed by atoms with Crippen LogP contribution in [0, 0.1) is 17.8 Å². The molecule has 198 valence electrons. The van der Waals surface area contributed by atoms with Gasteiger partial charge in [0.1, 0.15) is 6.17 Å². The molecule has 0 aromatic heterocycles. The summed E-state index contributed by atoms with van der Waals surface area (Å²) in [5.74, 6) is -0.387. The van der Waals surface area contributed by atoms with Crippen LogP contribution in [0.15, 0.2) is 0 Å². The summed E-state index contributed by atoms with van der Waals surface area (Å²) in [6, 6.07) is -0.528. The summed E-state index contributed by atoms with van der Waals surface area (Å²) in [7, 11) is -1.61. The third kappa shape index (κ3) is 5.38. The van der Waals surface area contributed by atoms with E-state index in [-0.39, 0.29) is 41.8 Å². The van der Waals surface area contributed by atoms with Crippen LogP contribution in [0.2, 0.25) is 0 Å². The number of carbonyl (C=O) groups is 2. The first-order valence-electron chi connectivity index (χ1n) is 13.3. The number of amides is 3. The molecule has 11 heteroatoms. The monoisotopic (exact) mass is 513 g/mol. The summed E-state index contributed by atoms with van der Waals surface area (Å²) in [5, 5.41) is 1.34. The van der Waals surface area contributed by atoms with Gasteiger partial charge in [0.15, 0.2) is 0 Å². The number of sulfonamides is 1. The molecule has 5 aliphatic rings. The number of hydrogen-bond acceptors (Lipinski definition) is 6. The van der Waals surface area contributed by atoms with Gasteiger partial charge in [-0.3, -0.25) is 15.1 Å². The number of halogens is 1. The van der Waals surface area contributed by atoms with Crippen molar-refractivity contribution in [2.24, 2.45) is 17.8 Å². The molecule has 0 bridgehead atoms. The second-order valence-electron chi connectivity index (χ2n) is 11.9. The minimum atomic E-state index is -3.55. The zero-order valence-electron chi connectivity index (χ0n) is 20.9. The Morgan fingerprint density at radius 1 is 1.06 bits per heavy atom. The lowest BCUT2D eigenvalue weighted by molar-refractivity contribution is -0.141. The third-order valence-corrected chi connectivity index (χ3v) is 11.0. The smallest absolute Gasteiger partial charge is 0.320 e. The van der Waals surface area contributed by atoms with E-state index >= 15 is 0 Å². The Balaban J connectivity index is 1.35. The molecule has 0 spiro atoms. The van der Waals surface area contributed by atoms with E-state index in [0.29, 0.717) is 45.3 Å². The predicted molar refractivity (Wildman–Crippen MR) is 129 cm³/mol. The summed E-state index contributed by atoms with van der Waals surface area (Å²) in [5.41, 5.74) is 2.88. The lowest BCUT2D eigenvalue weighted by Gasteiger charge is -2.49. The largest absolute Gasteiger partial charge is 0.326 e. The Bertz CT molecular complexity index is 936. The lowest BCUT2D eigenvalue weighted by atomic mass is 9.79. The van der Waals surface area contributed by atoms with Gasteiger partial charge >= 0.3 is 6.03 Å². The van der Waals surface area contributed by atoms with E-state index in [9.17, 15) is 22.4 Å². The van der Waals surface area contributed by atoms with Crippen LogP contribution in [-0.2, 0) is 14.8 Å². The van der Waals surface area contributed by atoms with Crippen LogP contribution in [0.3, 0.4) is 0 Å². The second-order valence-corrected chi connectivity index (χ2v) is 13.9. The van der Waals surface area contributed by atoms with Crippen molar-refractivity contribution in [3.8, 4) is 0 Å². The third-order valence-electron chi connectivity index (χ3n) is 8.91. The Labute approximate surface area is 208 Å². The Hall–Kier alpha value is -1.30. The topological polar surface area (TPSA) is 102 Å². The van der Waals surface area contributed by atoms with E-state index in [1.165, 1.54) is 4.90 Å². The van der Waals surface area contributed by atoms with Crippen molar-refractivity contribution in [3.05, 3.63) is 0 Å². The zero-order valence-corrected chi connectivity index (χ0v) is 21.7. The molecule has 2 heterocycles. The fourth-order valence-corrected chi connectivity index (χ4v) is 8.45. The zero-order chi connectivity index (χ0) is 25.0. The summed E-state index contributed by atoms with van der Waals surface area (Å²) in [6.07, 6.45) is 4.64. The van der Waals surface area contributed by atoms with Gasteiger partial charge < -0.3 is 4.90 Å². The molecule has 0 radical (unpaired) electrons. The Morgan fingerprint density at radius 2 is 1.77 bits per heavy atom. The molecule has 3 amide bonds. The molecule has 4 unspecified atom stereocenters. The summed E-state index contributed by atoms with van der Waals surface area (Å²) >= 11 is 0. The van der Waals surface area contributed by atoms with E-state index < -0.39 is 27.4 Å². The van der Waals surface area contributed by atoms with Gasteiger partial charge in [0, 0.05) is 50.7 Å². The molecular formula is C24H40FN5O4S. The Kier molecular flexibility index (Phi) is 6.91. The highest BCUT2D eigenvalue weighted by molar-refractivity contribution is 7.90. The predicted octanol–water partition coefficient (Wildman–Crippen LogP) is 1.85. The molecular weight excluding hydrogens is 473 g/mol. The SMILES string of the molecule is CN1CC(CN2C(=O)C3CC(S(=O)(=O)NC4(C)CC4)CCC3N(CC3CCC(F)CC3)C2=O)CN1. The van der Waals surface area contributed by atoms with Gasteiger partial charge in [0.2, 0.25) is 15.9 Å². The average molecular weight is 514 g/mol. The van der Waals surface area contributed by atoms with Crippen LogP contribution in [0.4, 0.5) is 9.18 Å². The average Bonchev–Trinajstić information content (AvgIpc) is 3.38. The fraction of sp³-hybridized carbons (Fsp3) is 0.917. The molecule has 2 saturated heterocycles. The van der Waals surface area contributed by atoms with Crippen LogP contribution in [0.5, 0.6) is 0 Å². The van der Waals surface area contributed by atoms with E-state index in [2.05, 4.69) is 10.1 Å². The molecule has 5 rings (SSSR count). The van der Waals surface area contributed by atoms with Crippen LogP contribution in [0.1, 0.15) is 64.7 Å². The second kappa shape index (κ2) is 9.54. The van der Waals surface area contributed by atoms with Gasteiger partial charge in [-0.05, 0) is 70.6 Å². The van der Waals surface area contributed by atoms with E-state index in [1.807, 2.05) is 23.9 Å². The fourth-order valence-electron chi connectivity index (χ4n) is 6.49. The summed E-state index contributed by atoms with van der Waals surface area (Å²) in [4.78, 5) is 30.6. The maximum atomic E-state index is 13.7. The first kappa shape index (κ1) is 25.4. The van der Waals surface area contributed by atoms with Crippen LogP contribution >= 0.6 is 0 Å². The Morgan fingerprint density at radius 3 is 2.40 bits per heavy atom. The highest BCUT2D eigenvalue weighted by Gasteiger charge is 2.52. The highest BCUT2D eigenvalue weighted by atomic mass is 32.2. The minimum absolute atomic E-state index is 0.132. The molecule has 2 aliphatic heterocycles. The van der Waals surface area contributed by atoms with Gasteiger partial charge in [-0.2, -0.15) is 0 Å². The number of fused-ring (bicyclic) bond motifs is 1. The van der Waals surface area contributed by atoms with Crippen molar-refractivity contribution in [2.75, 3.05) is 33.2 Å². The van der Waals surface area contributed by atoms with Gasteiger partial charge in [0.25, 0.3) is 0 Å². The van der Waals surface area contributed by atoms with Gasteiger partial charge in [-0.15, -0.1) is 0 Å². The summed E-state index contributed by atoms with van der Waals surface area (Å²) < 4.78 is 42.9. The number of hydrazine groups is 1. The number of urea groups is 1.